The number of carbonyl (C=O) groups excluding carboxylic acids is 1. The molecule has 0 spiro atoms. The molecule has 9 nitrogen and oxygen atoms in total. The van der Waals surface area contributed by atoms with Gasteiger partial charge in [-0.25, -0.2) is 14.5 Å². The van der Waals surface area contributed by atoms with Crippen LogP contribution < -0.4 is 10.6 Å². The number of aliphatic imine (C=N–C) groups is 1. The Morgan fingerprint density at radius 2 is 2.00 bits per heavy atom. The lowest BCUT2D eigenvalue weighted by Crippen LogP contribution is -2.49. The van der Waals surface area contributed by atoms with E-state index in [1.165, 1.54) is 6.33 Å². The summed E-state index contributed by atoms with van der Waals surface area (Å²) < 4.78 is 6.78. The molecular weight excluding hydrogens is 485 g/mol. The number of nitrogens with zero attached hydrogens (tertiary/aromatic N) is 5. The lowest BCUT2D eigenvalue weighted by molar-refractivity contribution is 0.0963. The molecule has 2 heterocycles. The lowest BCUT2D eigenvalue weighted by atomic mass is 10.1. The molecule has 0 radical (unpaired) electrons. The van der Waals surface area contributed by atoms with E-state index in [-0.39, 0.29) is 36.1 Å². The first-order valence-electron chi connectivity index (χ1n) is 9.52. The van der Waals surface area contributed by atoms with Crippen molar-refractivity contribution in [2.75, 3.05) is 26.7 Å². The predicted octanol–water partition coefficient (Wildman–Crippen LogP) is 2.17. The minimum Gasteiger partial charge on any atom is -0.450 e. The number of amides is 1. The Hall–Kier alpha value is -2.37. The molecule has 0 bridgehead atoms. The van der Waals surface area contributed by atoms with Crippen LogP contribution in [0.2, 0.25) is 0 Å². The second-order valence-corrected chi connectivity index (χ2v) is 6.54. The highest BCUT2D eigenvalue weighted by Gasteiger charge is 2.23. The number of guanidine groups is 1. The summed E-state index contributed by atoms with van der Waals surface area (Å²) in [7, 11) is 1.76. The fourth-order valence-corrected chi connectivity index (χ4v) is 3.10. The van der Waals surface area contributed by atoms with Crippen LogP contribution in [-0.2, 0) is 11.3 Å². The van der Waals surface area contributed by atoms with Gasteiger partial charge in [0.15, 0.2) is 5.96 Å². The number of hydrogen-bond donors (Lipinski definition) is 2. The molecule has 0 aliphatic carbocycles. The highest BCUT2D eigenvalue weighted by atomic mass is 127. The first-order chi connectivity index (χ1) is 13.7. The topological polar surface area (TPSA) is 96.7 Å². The molecule has 1 aliphatic heterocycles. The van der Waals surface area contributed by atoms with Crippen molar-refractivity contribution in [1.82, 2.24) is 30.3 Å². The van der Waals surface area contributed by atoms with Gasteiger partial charge in [-0.3, -0.25) is 4.99 Å². The maximum atomic E-state index is 11.8. The van der Waals surface area contributed by atoms with Crippen LogP contribution in [0.3, 0.4) is 0 Å². The molecule has 0 atom stereocenters. The standard InChI is InChI=1S/C19H27N7O2.HI/c1-3-28-19(27)25-10-8-16(9-11-25)24-18(20-2)22-12-15-4-6-17(7-5-15)26-14-21-13-23-26;/h4-7,13-14,16H,3,8-12H2,1-2H3,(H2,20,22,24);1H. The van der Waals surface area contributed by atoms with Crippen LogP contribution in [0.15, 0.2) is 41.9 Å². The molecule has 0 unspecified atom stereocenters. The lowest BCUT2D eigenvalue weighted by Gasteiger charge is -2.32. The van der Waals surface area contributed by atoms with Gasteiger partial charge in [0, 0.05) is 32.7 Å². The van der Waals surface area contributed by atoms with Gasteiger partial charge in [0.25, 0.3) is 0 Å². The van der Waals surface area contributed by atoms with Gasteiger partial charge in [0.2, 0.25) is 0 Å². The van der Waals surface area contributed by atoms with Crippen molar-refractivity contribution in [3.63, 3.8) is 0 Å². The van der Waals surface area contributed by atoms with E-state index < -0.39 is 0 Å². The zero-order valence-electron chi connectivity index (χ0n) is 16.7. The number of aromatic nitrogens is 3. The SMILES string of the molecule is CCOC(=O)N1CCC(NC(=NC)NCc2ccc(-n3cncn3)cc2)CC1.I. The average molecular weight is 513 g/mol. The Balaban J connectivity index is 0.00000300. The van der Waals surface area contributed by atoms with Crippen molar-refractivity contribution < 1.29 is 9.53 Å². The molecule has 1 saturated heterocycles. The van der Waals surface area contributed by atoms with Gasteiger partial charge in [-0.1, -0.05) is 12.1 Å². The number of halogens is 1. The van der Waals surface area contributed by atoms with Gasteiger partial charge < -0.3 is 20.3 Å². The van der Waals surface area contributed by atoms with Crippen molar-refractivity contribution in [3.05, 3.63) is 42.5 Å². The summed E-state index contributed by atoms with van der Waals surface area (Å²) in [6, 6.07) is 8.40. The van der Waals surface area contributed by atoms with E-state index in [0.717, 1.165) is 30.1 Å². The van der Waals surface area contributed by atoms with E-state index in [0.29, 0.717) is 26.2 Å². The smallest absolute Gasteiger partial charge is 0.409 e. The Morgan fingerprint density at radius 3 is 2.59 bits per heavy atom. The van der Waals surface area contributed by atoms with Crippen LogP contribution in [0.25, 0.3) is 5.69 Å². The molecule has 29 heavy (non-hydrogen) atoms. The van der Waals surface area contributed by atoms with Crippen molar-refractivity contribution in [2.45, 2.75) is 32.4 Å². The van der Waals surface area contributed by atoms with Crippen LogP contribution in [0, 0.1) is 0 Å². The first kappa shape index (κ1) is 22.9. The zero-order valence-corrected chi connectivity index (χ0v) is 19.1. The van der Waals surface area contributed by atoms with Gasteiger partial charge in [-0.05, 0) is 37.5 Å². The molecule has 1 aromatic heterocycles. The minimum atomic E-state index is -0.224. The van der Waals surface area contributed by atoms with Gasteiger partial charge in [-0.2, -0.15) is 5.10 Å². The quantitative estimate of drug-likeness (QED) is 0.362. The molecule has 1 amide bonds. The molecule has 10 heteroatoms. The molecular formula is C19H28IN7O2. The molecule has 2 N–H and O–H groups in total. The van der Waals surface area contributed by atoms with Crippen LogP contribution in [0.4, 0.5) is 4.79 Å². The third kappa shape index (κ3) is 6.58. The number of rotatable bonds is 5. The van der Waals surface area contributed by atoms with E-state index in [4.69, 9.17) is 4.74 Å². The number of benzene rings is 1. The molecule has 0 saturated carbocycles. The molecule has 158 valence electrons. The molecule has 3 rings (SSSR count). The molecule has 1 aromatic carbocycles. The number of likely N-dealkylation sites (tertiary alicyclic amines) is 1. The molecule has 1 aliphatic rings. The zero-order chi connectivity index (χ0) is 19.8. The van der Waals surface area contributed by atoms with Gasteiger partial charge in [0.05, 0.1) is 12.3 Å². The number of carbonyl (C=O) groups is 1. The summed E-state index contributed by atoms with van der Waals surface area (Å²) >= 11 is 0. The average Bonchev–Trinajstić information content (AvgIpc) is 3.27. The van der Waals surface area contributed by atoms with Gasteiger partial charge in [0.1, 0.15) is 12.7 Å². The first-order valence-corrected chi connectivity index (χ1v) is 9.52. The Morgan fingerprint density at radius 1 is 1.28 bits per heavy atom. The van der Waals surface area contributed by atoms with E-state index in [9.17, 15) is 4.79 Å². The normalized spacial score (nSPS) is 14.8. The maximum Gasteiger partial charge on any atom is 0.409 e. The van der Waals surface area contributed by atoms with Gasteiger partial charge in [-0.15, -0.1) is 24.0 Å². The van der Waals surface area contributed by atoms with Crippen molar-refractivity contribution >= 4 is 36.0 Å². The van der Waals surface area contributed by atoms with E-state index in [1.54, 1.807) is 23.0 Å². The minimum absolute atomic E-state index is 0. The third-order valence-corrected chi connectivity index (χ3v) is 4.67. The summed E-state index contributed by atoms with van der Waals surface area (Å²) in [6.07, 6.45) is 4.70. The summed E-state index contributed by atoms with van der Waals surface area (Å²) in [5.74, 6) is 0.759. The number of hydrogen-bond acceptors (Lipinski definition) is 5. The Kier molecular flexibility index (Phi) is 9.16. The summed E-state index contributed by atoms with van der Waals surface area (Å²) in [6.45, 7) is 4.28. The second-order valence-electron chi connectivity index (χ2n) is 6.54. The number of ether oxygens (including phenoxy) is 1. The maximum absolute atomic E-state index is 11.8. The third-order valence-electron chi connectivity index (χ3n) is 4.67. The van der Waals surface area contributed by atoms with Gasteiger partial charge >= 0.3 is 6.09 Å². The number of piperidine rings is 1. The van der Waals surface area contributed by atoms with Crippen LogP contribution >= 0.6 is 24.0 Å². The van der Waals surface area contributed by atoms with E-state index in [2.05, 4.69) is 37.8 Å². The molecule has 2 aromatic rings. The highest BCUT2D eigenvalue weighted by molar-refractivity contribution is 14.0. The summed E-state index contributed by atoms with van der Waals surface area (Å²) in [5.41, 5.74) is 2.11. The van der Waals surface area contributed by atoms with Crippen molar-refractivity contribution in [2.24, 2.45) is 4.99 Å². The largest absolute Gasteiger partial charge is 0.450 e. The van der Waals surface area contributed by atoms with Crippen molar-refractivity contribution in [3.8, 4) is 5.69 Å². The Bertz CT molecular complexity index is 772. The Labute approximate surface area is 187 Å². The predicted molar refractivity (Wildman–Crippen MR) is 122 cm³/mol. The van der Waals surface area contributed by atoms with Crippen LogP contribution in [0.5, 0.6) is 0 Å². The van der Waals surface area contributed by atoms with E-state index >= 15 is 0 Å². The van der Waals surface area contributed by atoms with Crippen molar-refractivity contribution in [1.29, 1.82) is 0 Å². The summed E-state index contributed by atoms with van der Waals surface area (Å²) in [4.78, 5) is 21.8. The fraction of sp³-hybridized carbons (Fsp3) is 0.474. The van der Waals surface area contributed by atoms with Crippen LogP contribution in [-0.4, -0.2) is 64.5 Å². The highest BCUT2D eigenvalue weighted by Crippen LogP contribution is 2.12. The summed E-state index contributed by atoms with van der Waals surface area (Å²) in [5, 5.41) is 10.9. The monoisotopic (exact) mass is 513 g/mol. The second kappa shape index (κ2) is 11.6. The number of nitrogens with one attached hydrogen (secondary N) is 2. The van der Waals surface area contributed by atoms with Crippen LogP contribution in [0.1, 0.15) is 25.3 Å². The molecule has 1 fully saturated rings. The fourth-order valence-electron chi connectivity index (χ4n) is 3.10. The van der Waals surface area contributed by atoms with E-state index in [1.807, 2.05) is 19.1 Å².